The normalized spacial score (nSPS) is 14.2. The molecule has 1 aliphatic carbocycles. The lowest BCUT2D eigenvalue weighted by Gasteiger charge is -2.21. The second-order valence-electron chi connectivity index (χ2n) is 12.0. The number of aryl methyl sites for hydroxylation is 1. The summed E-state index contributed by atoms with van der Waals surface area (Å²) in [5.41, 5.74) is 2.65. The van der Waals surface area contributed by atoms with E-state index in [0.717, 1.165) is 6.07 Å². The van der Waals surface area contributed by atoms with Gasteiger partial charge in [-0.25, -0.2) is 22.4 Å². The summed E-state index contributed by atoms with van der Waals surface area (Å²) in [5, 5.41) is 20.7. The summed E-state index contributed by atoms with van der Waals surface area (Å²) < 4.78 is 84.2. The van der Waals surface area contributed by atoms with E-state index in [1.165, 1.54) is 66.6 Å². The van der Waals surface area contributed by atoms with Gasteiger partial charge in [-0.3, -0.25) is 0 Å². The number of hydrogen-bond acceptors (Lipinski definition) is 6. The van der Waals surface area contributed by atoms with E-state index < -0.39 is 42.0 Å². The third-order valence-electron chi connectivity index (χ3n) is 8.54. The molecule has 0 saturated carbocycles. The number of ether oxygens (including phenoxy) is 2. The number of halogens is 4. The molecule has 1 atom stereocenters. The fourth-order valence-corrected chi connectivity index (χ4v) is 7.47. The van der Waals surface area contributed by atoms with Gasteiger partial charge in [0.2, 0.25) is 0 Å². The van der Waals surface area contributed by atoms with Crippen molar-refractivity contribution in [1.82, 2.24) is 3.97 Å². The van der Waals surface area contributed by atoms with E-state index in [1.54, 1.807) is 38.1 Å². The van der Waals surface area contributed by atoms with Crippen molar-refractivity contribution in [2.24, 2.45) is 0 Å². The van der Waals surface area contributed by atoms with Gasteiger partial charge in [-0.05, 0) is 111 Å². The molecule has 53 heavy (non-hydrogen) atoms. The van der Waals surface area contributed by atoms with Crippen LogP contribution >= 0.6 is 0 Å². The van der Waals surface area contributed by atoms with Gasteiger partial charge >= 0.3 is 5.97 Å². The number of nitrogens with zero attached hydrogens (tertiary/aromatic N) is 3. The number of nitriles is 2. The first-order valence-corrected chi connectivity index (χ1v) is 17.4. The van der Waals surface area contributed by atoms with Gasteiger partial charge in [0.25, 0.3) is 6.43 Å². The number of fused-ring (bicyclic) bond motifs is 1. The molecule has 1 aromatic heterocycles. The number of carbonyl (C=O) groups excluding carboxylic acids is 1. The minimum atomic E-state index is -2.75. The quantitative estimate of drug-likeness (QED) is 0.0656. The minimum absolute atomic E-state index is 0.101. The van der Waals surface area contributed by atoms with Crippen LogP contribution in [0.4, 0.5) is 17.6 Å². The standard InChI is InChI=1S/C41H33F4N3O4S/c1-5-8-32(15-13-24(2)41(44)45)53(50)48-35-16-14-30(42)19-33(35)39(38-28(21-46)11-7-12-29(38)22-47)40(48)27-10-6-9-26(18-27)37-25(3)17-31(20-34(37)43)52-23-36(49)51-4/h5,7-8,10-20,41H,6,9,23H2,1-4H3/b8-5-,24-13+,32-15+. The molecule has 0 fully saturated rings. The maximum atomic E-state index is 15.9. The Balaban J connectivity index is 1.84. The number of hydrogen-bond donors (Lipinski definition) is 0. The molecular weight excluding hydrogens is 707 g/mol. The molecule has 0 bridgehead atoms. The number of esters is 1. The smallest absolute Gasteiger partial charge is 0.343 e. The van der Waals surface area contributed by atoms with Crippen LogP contribution in [0.1, 0.15) is 54.6 Å². The lowest BCUT2D eigenvalue weighted by atomic mass is 9.86. The molecule has 3 aromatic carbocycles. The van der Waals surface area contributed by atoms with Gasteiger partial charge in [-0.2, -0.15) is 14.5 Å². The highest BCUT2D eigenvalue weighted by Gasteiger charge is 2.32. The topological polar surface area (TPSA) is 111 Å². The first-order valence-electron chi connectivity index (χ1n) is 16.3. The number of alkyl halides is 2. The van der Waals surface area contributed by atoms with E-state index in [4.69, 9.17) is 4.74 Å². The van der Waals surface area contributed by atoms with Crippen LogP contribution in [-0.2, 0) is 20.9 Å². The monoisotopic (exact) mass is 739 g/mol. The van der Waals surface area contributed by atoms with Gasteiger partial charge in [0.1, 0.15) is 34.4 Å². The maximum absolute atomic E-state index is 15.9. The Morgan fingerprint density at radius 2 is 1.77 bits per heavy atom. The molecule has 1 unspecified atom stereocenters. The summed E-state index contributed by atoms with van der Waals surface area (Å²) in [6.45, 7) is 4.20. The number of aromatic nitrogens is 1. The fourth-order valence-electron chi connectivity index (χ4n) is 6.13. The predicted octanol–water partition coefficient (Wildman–Crippen LogP) is 9.63. The van der Waals surface area contributed by atoms with Crippen molar-refractivity contribution in [2.75, 3.05) is 13.7 Å². The lowest BCUT2D eigenvalue weighted by molar-refractivity contribution is -0.142. The number of allylic oxidation sites excluding steroid dienone is 9. The highest BCUT2D eigenvalue weighted by molar-refractivity contribution is 7.94. The molecule has 0 saturated heterocycles. The average Bonchev–Trinajstić information content (AvgIpc) is 3.48. The van der Waals surface area contributed by atoms with Gasteiger partial charge in [0.15, 0.2) is 11.5 Å². The Morgan fingerprint density at radius 1 is 1.06 bits per heavy atom. The third kappa shape index (κ3) is 8.00. The Kier molecular flexibility index (Phi) is 12.1. The molecule has 7 nitrogen and oxygen atoms in total. The third-order valence-corrected chi connectivity index (χ3v) is 9.93. The number of methoxy groups -OCH3 is 1. The van der Waals surface area contributed by atoms with Crippen LogP contribution in [-0.4, -0.2) is 34.6 Å². The molecule has 4 aromatic rings. The van der Waals surface area contributed by atoms with Crippen molar-refractivity contribution >= 4 is 39.4 Å². The summed E-state index contributed by atoms with van der Waals surface area (Å²) in [6.07, 6.45) is 7.20. The molecule has 12 heteroatoms. The molecule has 5 rings (SSSR count). The molecule has 0 spiro atoms. The first kappa shape index (κ1) is 38.4. The Hall–Kier alpha value is -5.82. The molecule has 0 amide bonds. The Bertz CT molecular complexity index is 2290. The van der Waals surface area contributed by atoms with E-state index >= 15 is 8.78 Å². The summed E-state index contributed by atoms with van der Waals surface area (Å²) in [7, 11) is 1.21. The van der Waals surface area contributed by atoms with Crippen LogP contribution in [0.3, 0.4) is 0 Å². The molecule has 0 N–H and O–H groups in total. The van der Waals surface area contributed by atoms with E-state index in [9.17, 15) is 28.7 Å². The van der Waals surface area contributed by atoms with Gasteiger partial charge in [-0.15, -0.1) is 0 Å². The van der Waals surface area contributed by atoms with Crippen molar-refractivity contribution in [3.05, 3.63) is 135 Å². The number of benzene rings is 3. The Morgan fingerprint density at radius 3 is 2.40 bits per heavy atom. The molecule has 1 heterocycles. The van der Waals surface area contributed by atoms with Crippen molar-refractivity contribution in [3.63, 3.8) is 0 Å². The second kappa shape index (κ2) is 16.7. The zero-order chi connectivity index (χ0) is 38.4. The van der Waals surface area contributed by atoms with E-state index in [2.05, 4.69) is 16.9 Å². The lowest BCUT2D eigenvalue weighted by Crippen LogP contribution is -2.17. The summed E-state index contributed by atoms with van der Waals surface area (Å²) in [4.78, 5) is 11.7. The van der Waals surface area contributed by atoms with Crippen molar-refractivity contribution in [3.8, 4) is 29.0 Å². The zero-order valence-electron chi connectivity index (χ0n) is 29.2. The van der Waals surface area contributed by atoms with E-state index in [0.29, 0.717) is 29.6 Å². The summed E-state index contributed by atoms with van der Waals surface area (Å²) in [5.74, 6) is -1.77. The highest BCUT2D eigenvalue weighted by Crippen LogP contribution is 2.46. The van der Waals surface area contributed by atoms with E-state index in [1.807, 2.05) is 6.08 Å². The highest BCUT2D eigenvalue weighted by atomic mass is 32.2. The van der Waals surface area contributed by atoms with Gasteiger partial charge in [-0.1, -0.05) is 24.3 Å². The summed E-state index contributed by atoms with van der Waals surface area (Å²) in [6, 6.07) is 15.4. The Labute approximate surface area is 307 Å². The van der Waals surface area contributed by atoms with Crippen molar-refractivity contribution < 1.29 is 36.4 Å². The van der Waals surface area contributed by atoms with Crippen LogP contribution in [0.2, 0.25) is 0 Å². The second-order valence-corrected chi connectivity index (χ2v) is 13.3. The SMILES string of the molecule is C\C=C/C(=C\C=C(/C)C(F)F)[S+]([O-])n1c(C2=CCCC(c3c(C)cc(OCC(=O)OC)cc3F)=C2)c(-c2c(C#N)cccc2C#N)c2cc(F)ccc21. The van der Waals surface area contributed by atoms with Gasteiger partial charge < -0.3 is 14.0 Å². The average molecular weight is 740 g/mol. The molecular formula is C41H33F4N3O4S. The molecule has 0 radical (unpaired) electrons. The maximum Gasteiger partial charge on any atom is 0.343 e. The van der Waals surface area contributed by atoms with Crippen LogP contribution in [0.5, 0.6) is 5.75 Å². The molecule has 1 aliphatic rings. The van der Waals surface area contributed by atoms with Crippen LogP contribution < -0.4 is 4.74 Å². The molecule has 270 valence electrons. The van der Waals surface area contributed by atoms with Crippen LogP contribution in [0, 0.1) is 41.2 Å². The predicted molar refractivity (Wildman–Crippen MR) is 197 cm³/mol. The number of rotatable bonds is 11. The first-order chi connectivity index (χ1) is 25.4. The fraction of sp³-hybridized carbons (Fsp3) is 0.195. The zero-order valence-corrected chi connectivity index (χ0v) is 30.0. The largest absolute Gasteiger partial charge is 0.587 e. The molecule has 0 aliphatic heterocycles. The number of carbonyl (C=O) groups is 1. The van der Waals surface area contributed by atoms with Crippen molar-refractivity contribution in [2.45, 2.75) is 40.0 Å². The summed E-state index contributed by atoms with van der Waals surface area (Å²) >= 11 is -2.18. The minimum Gasteiger partial charge on any atom is -0.587 e. The van der Waals surface area contributed by atoms with Crippen LogP contribution in [0.25, 0.3) is 33.2 Å². The van der Waals surface area contributed by atoms with Gasteiger partial charge in [0.05, 0.1) is 35.9 Å². The van der Waals surface area contributed by atoms with Crippen molar-refractivity contribution in [1.29, 1.82) is 10.5 Å². The van der Waals surface area contributed by atoms with Gasteiger partial charge in [0, 0.05) is 28.1 Å². The van der Waals surface area contributed by atoms with E-state index in [-0.39, 0.29) is 60.6 Å². The van der Waals surface area contributed by atoms with Crippen LogP contribution in [0.15, 0.2) is 95.5 Å².